The van der Waals surface area contributed by atoms with Gasteiger partial charge in [0.25, 0.3) is 0 Å². The van der Waals surface area contributed by atoms with Gasteiger partial charge in [0, 0.05) is 10.5 Å². The van der Waals surface area contributed by atoms with E-state index in [0.717, 1.165) is 22.0 Å². The van der Waals surface area contributed by atoms with Gasteiger partial charge in [-0.15, -0.1) is 0 Å². The fourth-order valence-corrected chi connectivity index (χ4v) is 2.57. The third-order valence-corrected chi connectivity index (χ3v) is 3.67. The van der Waals surface area contributed by atoms with E-state index >= 15 is 0 Å². The fraction of sp³-hybridized carbons (Fsp3) is 0.200. The summed E-state index contributed by atoms with van der Waals surface area (Å²) in [6.07, 6.45) is 1.38. The van der Waals surface area contributed by atoms with Gasteiger partial charge < -0.3 is 5.73 Å². The molecule has 0 saturated heterocycles. The molecule has 0 spiro atoms. The topological polar surface area (TPSA) is 26.0 Å². The summed E-state index contributed by atoms with van der Waals surface area (Å²) >= 11 is 9.08. The number of rotatable bonds is 4. The Labute approximate surface area is 125 Å². The molecule has 0 aliphatic carbocycles. The highest BCUT2D eigenvalue weighted by molar-refractivity contribution is 9.10. The Kier molecular flexibility index (Phi) is 4.97. The number of hydrogen-bond acceptors (Lipinski definition) is 1. The zero-order valence-corrected chi connectivity index (χ0v) is 12.6. The Morgan fingerprint density at radius 1 is 1.11 bits per heavy atom. The van der Waals surface area contributed by atoms with Crippen LogP contribution in [0.1, 0.15) is 11.1 Å². The first-order valence-electron chi connectivity index (χ1n) is 5.98. The fourth-order valence-electron chi connectivity index (χ4n) is 2.01. The second-order valence-electron chi connectivity index (χ2n) is 4.55. The number of hydrogen-bond donors (Lipinski definition) is 1. The average Bonchev–Trinajstić information content (AvgIpc) is 2.34. The predicted molar refractivity (Wildman–Crippen MR) is 80.9 cm³/mol. The quantitative estimate of drug-likeness (QED) is 0.878. The van der Waals surface area contributed by atoms with E-state index in [4.69, 9.17) is 17.3 Å². The number of benzene rings is 2. The first-order chi connectivity index (χ1) is 9.04. The highest BCUT2D eigenvalue weighted by Crippen LogP contribution is 2.18. The van der Waals surface area contributed by atoms with E-state index in [9.17, 15) is 4.39 Å². The van der Waals surface area contributed by atoms with Crippen molar-refractivity contribution in [2.45, 2.75) is 18.9 Å². The lowest BCUT2D eigenvalue weighted by Gasteiger charge is -2.12. The molecule has 0 amide bonds. The van der Waals surface area contributed by atoms with Crippen molar-refractivity contribution in [3.8, 4) is 0 Å². The smallest absolute Gasteiger partial charge is 0.142 e. The lowest BCUT2D eigenvalue weighted by molar-refractivity contribution is 0.618. The van der Waals surface area contributed by atoms with Crippen LogP contribution in [-0.2, 0) is 12.8 Å². The molecule has 1 atom stereocenters. The van der Waals surface area contributed by atoms with Crippen molar-refractivity contribution in [2.75, 3.05) is 0 Å². The van der Waals surface area contributed by atoms with E-state index in [1.54, 1.807) is 6.07 Å². The molecule has 0 aliphatic heterocycles. The zero-order valence-electron chi connectivity index (χ0n) is 10.2. The van der Waals surface area contributed by atoms with Crippen LogP contribution in [0.5, 0.6) is 0 Å². The van der Waals surface area contributed by atoms with E-state index < -0.39 is 5.82 Å². The largest absolute Gasteiger partial charge is 0.327 e. The van der Waals surface area contributed by atoms with Gasteiger partial charge in [-0.1, -0.05) is 45.7 Å². The molecule has 0 fully saturated rings. The van der Waals surface area contributed by atoms with Crippen LogP contribution in [0.4, 0.5) is 4.39 Å². The minimum absolute atomic E-state index is 0.0464. The van der Waals surface area contributed by atoms with Crippen LogP contribution in [0.15, 0.2) is 46.9 Å². The number of halogens is 3. The molecule has 2 rings (SSSR count). The minimum atomic E-state index is -0.395. The van der Waals surface area contributed by atoms with Gasteiger partial charge in [-0.25, -0.2) is 4.39 Å². The molecule has 100 valence electrons. The molecular weight excluding hydrogens is 329 g/mol. The van der Waals surface area contributed by atoms with Gasteiger partial charge in [-0.2, -0.15) is 0 Å². The Hall–Kier alpha value is -0.900. The normalized spacial score (nSPS) is 12.4. The third-order valence-electron chi connectivity index (χ3n) is 2.87. The summed E-state index contributed by atoms with van der Waals surface area (Å²) in [5, 5.41) is 0.143. The monoisotopic (exact) mass is 341 g/mol. The van der Waals surface area contributed by atoms with Crippen molar-refractivity contribution < 1.29 is 4.39 Å². The predicted octanol–water partition coefficient (Wildman–Crippen LogP) is 4.35. The SMILES string of the molecule is NC(Cc1cccc(Br)c1)Cc1ccc(Cl)c(F)c1. The highest BCUT2D eigenvalue weighted by atomic mass is 79.9. The lowest BCUT2D eigenvalue weighted by atomic mass is 10.00. The van der Waals surface area contributed by atoms with Crippen LogP contribution in [0, 0.1) is 5.82 Å². The van der Waals surface area contributed by atoms with Gasteiger partial charge in [0.1, 0.15) is 5.82 Å². The molecule has 1 unspecified atom stereocenters. The summed E-state index contributed by atoms with van der Waals surface area (Å²) in [5.74, 6) is -0.395. The molecule has 0 saturated carbocycles. The van der Waals surface area contributed by atoms with Crippen molar-refractivity contribution >= 4 is 27.5 Å². The average molecular weight is 343 g/mol. The molecule has 2 aromatic carbocycles. The van der Waals surface area contributed by atoms with E-state index in [0.29, 0.717) is 6.42 Å². The highest BCUT2D eigenvalue weighted by Gasteiger charge is 2.08. The van der Waals surface area contributed by atoms with Gasteiger partial charge in [-0.3, -0.25) is 0 Å². The Morgan fingerprint density at radius 2 is 1.79 bits per heavy atom. The van der Waals surface area contributed by atoms with Gasteiger partial charge >= 0.3 is 0 Å². The molecule has 4 heteroatoms. The van der Waals surface area contributed by atoms with Crippen LogP contribution in [0.25, 0.3) is 0 Å². The van der Waals surface area contributed by atoms with Gasteiger partial charge in [0.2, 0.25) is 0 Å². The standard InChI is InChI=1S/C15H14BrClFN/c16-12-3-1-2-10(6-12)7-13(19)8-11-4-5-14(17)15(18)9-11/h1-6,9,13H,7-8,19H2. The molecule has 2 N–H and O–H groups in total. The molecule has 0 heterocycles. The van der Waals surface area contributed by atoms with E-state index in [-0.39, 0.29) is 11.1 Å². The molecular formula is C15H14BrClFN. The first-order valence-corrected chi connectivity index (χ1v) is 7.15. The van der Waals surface area contributed by atoms with Crippen molar-refractivity contribution in [1.29, 1.82) is 0 Å². The van der Waals surface area contributed by atoms with Crippen LogP contribution in [0.3, 0.4) is 0 Å². The molecule has 0 aliphatic rings. The first kappa shape index (κ1) is 14.5. The van der Waals surface area contributed by atoms with Crippen LogP contribution >= 0.6 is 27.5 Å². The Balaban J connectivity index is 2.01. The summed E-state index contributed by atoms with van der Waals surface area (Å²) < 4.78 is 14.4. The van der Waals surface area contributed by atoms with Crippen LogP contribution in [0.2, 0.25) is 5.02 Å². The molecule has 19 heavy (non-hydrogen) atoms. The van der Waals surface area contributed by atoms with Gasteiger partial charge in [-0.05, 0) is 48.2 Å². The Morgan fingerprint density at radius 3 is 2.42 bits per heavy atom. The molecule has 2 aromatic rings. The van der Waals surface area contributed by atoms with Crippen LogP contribution < -0.4 is 5.73 Å². The summed E-state index contributed by atoms with van der Waals surface area (Å²) in [5.41, 5.74) is 8.13. The molecule has 1 nitrogen and oxygen atoms in total. The van der Waals surface area contributed by atoms with E-state index in [1.807, 2.05) is 30.3 Å². The van der Waals surface area contributed by atoms with Crippen molar-refractivity contribution in [1.82, 2.24) is 0 Å². The van der Waals surface area contributed by atoms with Crippen molar-refractivity contribution in [3.05, 3.63) is 68.9 Å². The van der Waals surface area contributed by atoms with Crippen LogP contribution in [-0.4, -0.2) is 6.04 Å². The number of nitrogens with two attached hydrogens (primary N) is 1. The van der Waals surface area contributed by atoms with E-state index in [2.05, 4.69) is 15.9 Å². The maximum atomic E-state index is 13.3. The summed E-state index contributed by atoms with van der Waals surface area (Å²) in [4.78, 5) is 0. The summed E-state index contributed by atoms with van der Waals surface area (Å²) in [6.45, 7) is 0. The summed E-state index contributed by atoms with van der Waals surface area (Å²) in [6, 6.07) is 12.8. The summed E-state index contributed by atoms with van der Waals surface area (Å²) in [7, 11) is 0. The maximum Gasteiger partial charge on any atom is 0.142 e. The second-order valence-corrected chi connectivity index (χ2v) is 5.87. The second kappa shape index (κ2) is 6.51. The molecule has 0 bridgehead atoms. The van der Waals surface area contributed by atoms with Gasteiger partial charge in [0.15, 0.2) is 0 Å². The third kappa shape index (κ3) is 4.30. The lowest BCUT2D eigenvalue weighted by Crippen LogP contribution is -2.25. The Bertz CT molecular complexity index is 574. The van der Waals surface area contributed by atoms with Crippen molar-refractivity contribution in [3.63, 3.8) is 0 Å². The van der Waals surface area contributed by atoms with Crippen molar-refractivity contribution in [2.24, 2.45) is 5.73 Å². The minimum Gasteiger partial charge on any atom is -0.327 e. The zero-order chi connectivity index (χ0) is 13.8. The van der Waals surface area contributed by atoms with Gasteiger partial charge in [0.05, 0.1) is 5.02 Å². The molecule has 0 aromatic heterocycles. The van der Waals surface area contributed by atoms with E-state index in [1.165, 1.54) is 6.07 Å². The maximum absolute atomic E-state index is 13.3. The molecule has 0 radical (unpaired) electrons.